The highest BCUT2D eigenvalue weighted by molar-refractivity contribution is 6.10. The molecule has 8 nitrogen and oxygen atoms in total. The number of anilines is 2. The van der Waals surface area contributed by atoms with E-state index in [2.05, 4.69) is 9.88 Å². The molecule has 0 atom stereocenters. The number of benzene rings is 3. The average Bonchev–Trinajstić information content (AvgIpc) is 3.21. The van der Waals surface area contributed by atoms with Gasteiger partial charge in [0.1, 0.15) is 5.75 Å². The third-order valence-electron chi connectivity index (χ3n) is 7.28. The van der Waals surface area contributed by atoms with Crippen LogP contribution in [0.4, 0.5) is 11.4 Å². The first-order valence-corrected chi connectivity index (χ1v) is 13.8. The second-order valence-corrected chi connectivity index (χ2v) is 10.1. The normalized spacial score (nSPS) is 12.8. The van der Waals surface area contributed by atoms with Gasteiger partial charge in [-0.05, 0) is 67.1 Å². The number of aryl methyl sites for hydroxylation is 1. The third kappa shape index (κ3) is 6.32. The molecule has 0 unspecified atom stereocenters. The number of aromatic nitrogens is 1. The van der Waals surface area contributed by atoms with E-state index in [4.69, 9.17) is 9.84 Å². The molecular formula is C33H33N3O5. The van der Waals surface area contributed by atoms with E-state index in [-0.39, 0.29) is 31.3 Å². The van der Waals surface area contributed by atoms with Gasteiger partial charge in [0.05, 0.1) is 18.0 Å². The summed E-state index contributed by atoms with van der Waals surface area (Å²) in [6, 6.07) is 24.0. The van der Waals surface area contributed by atoms with Crippen LogP contribution in [0.25, 0.3) is 11.1 Å². The van der Waals surface area contributed by atoms with Gasteiger partial charge in [-0.3, -0.25) is 14.4 Å². The van der Waals surface area contributed by atoms with Crippen molar-refractivity contribution < 1.29 is 24.2 Å². The number of carbonyl (C=O) groups is 3. The van der Waals surface area contributed by atoms with Crippen LogP contribution in [0.3, 0.4) is 0 Å². The molecule has 2 N–H and O–H groups in total. The number of rotatable bonds is 9. The zero-order valence-corrected chi connectivity index (χ0v) is 23.0. The molecule has 0 fully saturated rings. The van der Waals surface area contributed by atoms with Gasteiger partial charge in [-0.1, -0.05) is 48.5 Å². The van der Waals surface area contributed by atoms with Crippen LogP contribution in [-0.2, 0) is 18.3 Å². The van der Waals surface area contributed by atoms with Crippen molar-refractivity contribution >= 4 is 29.2 Å². The number of amides is 2. The molecule has 2 heterocycles. The zero-order chi connectivity index (χ0) is 28.8. The molecule has 0 aliphatic carbocycles. The van der Waals surface area contributed by atoms with E-state index in [0.717, 1.165) is 41.8 Å². The van der Waals surface area contributed by atoms with E-state index in [0.29, 0.717) is 29.1 Å². The van der Waals surface area contributed by atoms with Crippen molar-refractivity contribution in [3.63, 3.8) is 0 Å². The highest BCUT2D eigenvalue weighted by Crippen LogP contribution is 2.32. The maximum atomic E-state index is 13.7. The van der Waals surface area contributed by atoms with Crippen molar-refractivity contribution in [1.29, 1.82) is 0 Å². The summed E-state index contributed by atoms with van der Waals surface area (Å²) in [5.74, 6) is -1.07. The monoisotopic (exact) mass is 551 g/mol. The van der Waals surface area contributed by atoms with E-state index in [9.17, 15) is 14.4 Å². The number of hydrogen-bond acceptors (Lipinski definition) is 4. The van der Waals surface area contributed by atoms with Crippen molar-refractivity contribution in [3.05, 3.63) is 102 Å². The maximum Gasteiger partial charge on any atom is 0.303 e. The summed E-state index contributed by atoms with van der Waals surface area (Å²) in [6.07, 6.45) is 5.03. The number of nitrogens with one attached hydrogen (secondary N) is 1. The van der Waals surface area contributed by atoms with Gasteiger partial charge in [0.15, 0.2) is 0 Å². The van der Waals surface area contributed by atoms with Crippen molar-refractivity contribution in [3.8, 4) is 16.9 Å². The SMILES string of the molecule is Cn1ccc2c1CCCCN2C(=O)c1ccc(NC(=O)c2ccccc2-c2ccccc2)c(OCCCC(=O)O)c1. The Labute approximate surface area is 239 Å². The summed E-state index contributed by atoms with van der Waals surface area (Å²) in [5, 5.41) is 12.0. The molecule has 4 aromatic rings. The van der Waals surface area contributed by atoms with E-state index in [1.165, 1.54) is 0 Å². The molecule has 0 saturated heterocycles. The first kappa shape index (κ1) is 27.7. The zero-order valence-electron chi connectivity index (χ0n) is 23.0. The molecule has 8 heteroatoms. The number of carboxylic acid groups (broad SMARTS) is 1. The van der Waals surface area contributed by atoms with Gasteiger partial charge in [0, 0.05) is 43.0 Å². The lowest BCUT2D eigenvalue weighted by molar-refractivity contribution is -0.137. The lowest BCUT2D eigenvalue weighted by atomic mass is 9.99. The summed E-state index contributed by atoms with van der Waals surface area (Å²) in [7, 11) is 1.99. The number of carbonyl (C=O) groups excluding carboxylic acids is 2. The van der Waals surface area contributed by atoms with Crippen LogP contribution in [-0.4, -0.2) is 40.6 Å². The Kier molecular flexibility index (Phi) is 8.48. The van der Waals surface area contributed by atoms with E-state index < -0.39 is 5.97 Å². The summed E-state index contributed by atoms with van der Waals surface area (Å²) >= 11 is 0. The molecule has 5 rings (SSSR count). The average molecular weight is 552 g/mol. The maximum absolute atomic E-state index is 13.7. The smallest absolute Gasteiger partial charge is 0.303 e. The fourth-order valence-electron chi connectivity index (χ4n) is 5.17. The van der Waals surface area contributed by atoms with Crippen LogP contribution in [0.15, 0.2) is 85.1 Å². The molecule has 41 heavy (non-hydrogen) atoms. The lowest BCUT2D eigenvalue weighted by Gasteiger charge is -2.22. The van der Waals surface area contributed by atoms with Crippen LogP contribution in [0.5, 0.6) is 5.75 Å². The highest BCUT2D eigenvalue weighted by Gasteiger charge is 2.25. The Morgan fingerprint density at radius 1 is 0.951 bits per heavy atom. The van der Waals surface area contributed by atoms with Gasteiger partial charge in [0.25, 0.3) is 11.8 Å². The summed E-state index contributed by atoms with van der Waals surface area (Å²) < 4.78 is 8.02. The Morgan fingerprint density at radius 3 is 2.54 bits per heavy atom. The fraction of sp³-hybridized carbons (Fsp3) is 0.242. The molecule has 0 bridgehead atoms. The first-order valence-electron chi connectivity index (χ1n) is 13.8. The van der Waals surface area contributed by atoms with E-state index in [1.54, 1.807) is 29.2 Å². The van der Waals surface area contributed by atoms with Crippen molar-refractivity contribution in [2.75, 3.05) is 23.4 Å². The number of nitrogens with zero attached hydrogens (tertiary/aromatic N) is 2. The third-order valence-corrected chi connectivity index (χ3v) is 7.28. The molecule has 0 radical (unpaired) electrons. The van der Waals surface area contributed by atoms with Crippen molar-refractivity contribution in [2.45, 2.75) is 32.1 Å². The lowest BCUT2D eigenvalue weighted by Crippen LogP contribution is -2.31. The minimum Gasteiger partial charge on any atom is -0.491 e. The van der Waals surface area contributed by atoms with Gasteiger partial charge in [0.2, 0.25) is 0 Å². The van der Waals surface area contributed by atoms with Crippen LogP contribution in [0.2, 0.25) is 0 Å². The van der Waals surface area contributed by atoms with E-state index >= 15 is 0 Å². The quantitative estimate of drug-likeness (QED) is 0.242. The van der Waals surface area contributed by atoms with Crippen molar-refractivity contribution in [1.82, 2.24) is 4.57 Å². The molecule has 0 saturated carbocycles. The number of carboxylic acids is 1. The van der Waals surface area contributed by atoms with Gasteiger partial charge >= 0.3 is 5.97 Å². The topological polar surface area (TPSA) is 101 Å². The van der Waals surface area contributed by atoms with Gasteiger partial charge in [-0.2, -0.15) is 0 Å². The van der Waals surface area contributed by atoms with Crippen LogP contribution < -0.4 is 15.0 Å². The number of fused-ring (bicyclic) bond motifs is 1. The highest BCUT2D eigenvalue weighted by atomic mass is 16.5. The van der Waals surface area contributed by atoms with Gasteiger partial charge in [-0.15, -0.1) is 0 Å². The Balaban J connectivity index is 1.44. The van der Waals surface area contributed by atoms with E-state index in [1.807, 2.05) is 67.8 Å². The second-order valence-electron chi connectivity index (χ2n) is 10.1. The van der Waals surface area contributed by atoms with Gasteiger partial charge in [-0.25, -0.2) is 0 Å². The molecule has 3 aromatic carbocycles. The minimum atomic E-state index is -0.914. The predicted molar refractivity (Wildman–Crippen MR) is 159 cm³/mol. The standard InChI is InChI=1S/C33H33N3O5/c1-35-20-18-29-28(35)14-7-8-19-36(29)33(40)24-16-17-27(30(22-24)41-21-9-15-31(37)38)34-32(39)26-13-6-5-12-25(26)23-10-3-2-4-11-23/h2-6,10-13,16-18,20,22H,7-9,14-15,19,21H2,1H3,(H,34,39)(H,37,38). The summed E-state index contributed by atoms with van der Waals surface area (Å²) in [6.45, 7) is 0.735. The minimum absolute atomic E-state index is 0.0463. The van der Waals surface area contributed by atoms with Crippen LogP contribution in [0.1, 0.15) is 52.1 Å². The van der Waals surface area contributed by atoms with Crippen LogP contribution in [0, 0.1) is 0 Å². The predicted octanol–water partition coefficient (Wildman–Crippen LogP) is 6.17. The first-order chi connectivity index (χ1) is 19.9. The molecule has 1 aromatic heterocycles. The Morgan fingerprint density at radius 2 is 1.73 bits per heavy atom. The Bertz CT molecular complexity index is 1560. The summed E-state index contributed by atoms with van der Waals surface area (Å²) in [5.41, 5.74) is 5.08. The molecule has 2 amide bonds. The van der Waals surface area contributed by atoms with Crippen LogP contribution >= 0.6 is 0 Å². The number of hydrogen-bond donors (Lipinski definition) is 2. The molecule has 0 spiro atoms. The van der Waals surface area contributed by atoms with Gasteiger partial charge < -0.3 is 24.6 Å². The number of ether oxygens (including phenoxy) is 1. The molecule has 1 aliphatic heterocycles. The summed E-state index contributed by atoms with van der Waals surface area (Å²) in [4.78, 5) is 40.1. The second kappa shape index (κ2) is 12.6. The fourth-order valence-corrected chi connectivity index (χ4v) is 5.17. The molecular weight excluding hydrogens is 518 g/mol. The molecule has 1 aliphatic rings. The largest absolute Gasteiger partial charge is 0.491 e. The van der Waals surface area contributed by atoms with Crippen molar-refractivity contribution in [2.24, 2.45) is 7.05 Å². The number of aliphatic carboxylic acids is 1. The Hall–Kier alpha value is -4.85. The molecule has 210 valence electrons.